The lowest BCUT2D eigenvalue weighted by atomic mass is 9.93. The van der Waals surface area contributed by atoms with Crippen molar-refractivity contribution in [3.63, 3.8) is 0 Å². The van der Waals surface area contributed by atoms with Crippen LogP contribution in [0.15, 0.2) is 29.2 Å². The Labute approximate surface area is 163 Å². The Hall–Kier alpha value is -1.77. The number of thiazole rings is 1. The van der Waals surface area contributed by atoms with E-state index in [1.807, 2.05) is 0 Å². The molecule has 8 heteroatoms. The monoisotopic (exact) mass is 405 g/mol. The molecule has 4 rings (SSSR count). The number of sulfonamides is 1. The fourth-order valence-electron chi connectivity index (χ4n) is 3.63. The van der Waals surface area contributed by atoms with Crippen LogP contribution in [0, 0.1) is 5.92 Å². The molecule has 1 atom stereocenters. The van der Waals surface area contributed by atoms with Gasteiger partial charge in [0.25, 0.3) is 5.91 Å². The van der Waals surface area contributed by atoms with Crippen molar-refractivity contribution in [3.05, 3.63) is 40.4 Å². The average Bonchev–Trinajstić information content (AvgIpc) is 3.31. The minimum absolute atomic E-state index is 0.236. The van der Waals surface area contributed by atoms with Crippen LogP contribution >= 0.6 is 11.3 Å². The maximum absolute atomic E-state index is 12.6. The summed E-state index contributed by atoms with van der Waals surface area (Å²) in [6, 6.07) is 6.15. The zero-order valence-electron chi connectivity index (χ0n) is 15.3. The summed E-state index contributed by atoms with van der Waals surface area (Å²) in [7, 11) is -3.46. The van der Waals surface area contributed by atoms with E-state index in [-0.39, 0.29) is 10.8 Å². The van der Waals surface area contributed by atoms with Crippen LogP contribution in [0.1, 0.15) is 47.1 Å². The maximum atomic E-state index is 12.6. The highest BCUT2D eigenvalue weighted by Crippen LogP contribution is 2.32. The number of rotatable bonds is 4. The number of fused-ring (bicyclic) bond motifs is 1. The fraction of sp³-hybridized carbons (Fsp3) is 0.474. The predicted octanol–water partition coefficient (Wildman–Crippen LogP) is 3.30. The third-order valence-electron chi connectivity index (χ3n) is 5.22. The van der Waals surface area contributed by atoms with Crippen LogP contribution in [-0.2, 0) is 22.9 Å². The maximum Gasteiger partial charge on any atom is 0.257 e. The minimum atomic E-state index is -3.46. The average molecular weight is 406 g/mol. The molecule has 1 fully saturated rings. The molecule has 0 unspecified atom stereocenters. The Morgan fingerprint density at radius 1 is 1.22 bits per heavy atom. The number of hydrogen-bond donors (Lipinski definition) is 1. The first-order valence-corrected chi connectivity index (χ1v) is 11.6. The van der Waals surface area contributed by atoms with E-state index >= 15 is 0 Å². The fourth-order valence-corrected chi connectivity index (χ4v) is 6.14. The van der Waals surface area contributed by atoms with Crippen molar-refractivity contribution in [1.82, 2.24) is 9.29 Å². The normalized spacial score (nSPS) is 20.4. The molecular formula is C19H23N3O3S2. The van der Waals surface area contributed by atoms with Crippen LogP contribution in [-0.4, -0.2) is 36.7 Å². The molecule has 0 bridgehead atoms. The highest BCUT2D eigenvalue weighted by Gasteiger charge is 2.27. The number of carbonyl (C=O) groups is 1. The van der Waals surface area contributed by atoms with Crippen LogP contribution in [0.4, 0.5) is 5.13 Å². The van der Waals surface area contributed by atoms with Crippen molar-refractivity contribution in [2.75, 3.05) is 18.4 Å². The Bertz CT molecular complexity index is 945. The summed E-state index contributed by atoms with van der Waals surface area (Å²) in [6.45, 7) is 3.36. The van der Waals surface area contributed by atoms with Gasteiger partial charge in [-0.1, -0.05) is 6.92 Å². The molecule has 2 aliphatic rings. The number of anilines is 1. The summed E-state index contributed by atoms with van der Waals surface area (Å²) < 4.78 is 26.6. The number of nitrogens with zero attached hydrogens (tertiary/aromatic N) is 2. The molecule has 0 radical (unpaired) electrons. The number of amides is 1. The number of carbonyl (C=O) groups excluding carboxylic acids is 1. The third kappa shape index (κ3) is 3.79. The highest BCUT2D eigenvalue weighted by molar-refractivity contribution is 7.89. The molecule has 1 amide bonds. The summed E-state index contributed by atoms with van der Waals surface area (Å²) in [5, 5.41) is 3.47. The van der Waals surface area contributed by atoms with E-state index in [1.165, 1.54) is 32.7 Å². The summed E-state index contributed by atoms with van der Waals surface area (Å²) in [6.07, 6.45) is 4.94. The molecule has 1 aromatic carbocycles. The zero-order valence-corrected chi connectivity index (χ0v) is 16.9. The smallest absolute Gasteiger partial charge is 0.257 e. The van der Waals surface area contributed by atoms with Gasteiger partial charge in [-0.2, -0.15) is 4.31 Å². The van der Waals surface area contributed by atoms with E-state index in [1.54, 1.807) is 12.1 Å². The van der Waals surface area contributed by atoms with Crippen LogP contribution in [0.25, 0.3) is 0 Å². The molecule has 1 saturated heterocycles. The van der Waals surface area contributed by atoms with Crippen molar-refractivity contribution < 1.29 is 13.2 Å². The predicted molar refractivity (Wildman–Crippen MR) is 106 cm³/mol. The zero-order chi connectivity index (χ0) is 19.0. The molecular weight excluding hydrogens is 382 g/mol. The summed E-state index contributed by atoms with van der Waals surface area (Å²) in [5.41, 5.74) is 1.53. The van der Waals surface area contributed by atoms with Crippen LogP contribution in [0.2, 0.25) is 0 Å². The van der Waals surface area contributed by atoms with Gasteiger partial charge in [-0.3, -0.25) is 10.1 Å². The second-order valence-electron chi connectivity index (χ2n) is 7.33. The second-order valence-corrected chi connectivity index (χ2v) is 10.3. The first-order valence-electron chi connectivity index (χ1n) is 9.33. The lowest BCUT2D eigenvalue weighted by Crippen LogP contribution is -2.27. The summed E-state index contributed by atoms with van der Waals surface area (Å²) in [4.78, 5) is 18.6. The molecule has 1 aliphatic carbocycles. The Morgan fingerprint density at radius 2 is 1.93 bits per heavy atom. The van der Waals surface area contributed by atoms with Crippen molar-refractivity contribution in [2.45, 2.75) is 43.9 Å². The number of aromatic nitrogens is 1. The molecule has 2 heterocycles. The van der Waals surface area contributed by atoms with Gasteiger partial charge >= 0.3 is 0 Å². The van der Waals surface area contributed by atoms with Crippen LogP contribution in [0.3, 0.4) is 0 Å². The number of hydrogen-bond acceptors (Lipinski definition) is 5. The van der Waals surface area contributed by atoms with Crippen molar-refractivity contribution in [3.8, 4) is 0 Å². The van der Waals surface area contributed by atoms with Gasteiger partial charge in [0.1, 0.15) is 0 Å². The first-order chi connectivity index (χ1) is 12.9. The quantitative estimate of drug-likeness (QED) is 0.846. The lowest BCUT2D eigenvalue weighted by Gasteiger charge is -2.15. The molecule has 0 spiro atoms. The summed E-state index contributed by atoms with van der Waals surface area (Å²) in [5.74, 6) is 0.368. The number of aryl methyl sites for hydroxylation is 1. The minimum Gasteiger partial charge on any atom is -0.298 e. The van der Waals surface area contributed by atoms with E-state index in [2.05, 4.69) is 17.2 Å². The molecule has 144 valence electrons. The van der Waals surface area contributed by atoms with E-state index in [0.29, 0.717) is 29.7 Å². The summed E-state index contributed by atoms with van der Waals surface area (Å²) >= 11 is 1.54. The first kappa shape index (κ1) is 18.6. The van der Waals surface area contributed by atoms with E-state index < -0.39 is 10.0 Å². The Kier molecular flexibility index (Phi) is 5.05. The van der Waals surface area contributed by atoms with E-state index in [0.717, 1.165) is 37.8 Å². The Balaban J connectivity index is 1.47. The van der Waals surface area contributed by atoms with E-state index in [9.17, 15) is 13.2 Å². The van der Waals surface area contributed by atoms with Crippen LogP contribution in [0.5, 0.6) is 0 Å². The largest absolute Gasteiger partial charge is 0.298 e. The SMILES string of the molecule is C[C@H]1CCc2sc(NC(=O)c3ccc(S(=O)(=O)N4CCCC4)cc3)nc2C1. The number of benzene rings is 1. The topological polar surface area (TPSA) is 79.4 Å². The van der Waals surface area contributed by atoms with Gasteiger partial charge < -0.3 is 0 Å². The van der Waals surface area contributed by atoms with Gasteiger partial charge in [-0.25, -0.2) is 13.4 Å². The second kappa shape index (κ2) is 7.33. The third-order valence-corrected chi connectivity index (χ3v) is 8.21. The van der Waals surface area contributed by atoms with Gasteiger partial charge in [0.05, 0.1) is 10.6 Å². The number of nitrogens with one attached hydrogen (secondary N) is 1. The van der Waals surface area contributed by atoms with Gasteiger partial charge in [0, 0.05) is 23.5 Å². The van der Waals surface area contributed by atoms with Crippen LogP contribution < -0.4 is 5.32 Å². The van der Waals surface area contributed by atoms with Crippen molar-refractivity contribution in [2.24, 2.45) is 5.92 Å². The van der Waals surface area contributed by atoms with Gasteiger partial charge in [-0.05, 0) is 62.3 Å². The molecule has 1 aromatic heterocycles. The lowest BCUT2D eigenvalue weighted by molar-refractivity contribution is 0.102. The van der Waals surface area contributed by atoms with Gasteiger partial charge in [0.15, 0.2) is 5.13 Å². The molecule has 6 nitrogen and oxygen atoms in total. The standard InChI is InChI=1S/C19H23N3O3S2/c1-13-4-9-17-16(12-13)20-19(26-17)21-18(23)14-5-7-15(8-6-14)27(24,25)22-10-2-3-11-22/h5-8,13H,2-4,9-12H2,1H3,(H,20,21,23)/t13-/m0/s1. The highest BCUT2D eigenvalue weighted by atomic mass is 32.2. The van der Waals surface area contributed by atoms with Gasteiger partial charge in [-0.15, -0.1) is 11.3 Å². The molecule has 1 aliphatic heterocycles. The molecule has 2 aromatic rings. The van der Waals surface area contributed by atoms with Crippen molar-refractivity contribution >= 4 is 32.4 Å². The molecule has 27 heavy (non-hydrogen) atoms. The van der Waals surface area contributed by atoms with Gasteiger partial charge in [0.2, 0.25) is 10.0 Å². The molecule has 0 saturated carbocycles. The Morgan fingerprint density at radius 3 is 2.63 bits per heavy atom. The van der Waals surface area contributed by atoms with Crippen molar-refractivity contribution in [1.29, 1.82) is 0 Å². The molecule has 1 N–H and O–H groups in total. The van der Waals surface area contributed by atoms with E-state index in [4.69, 9.17) is 0 Å².